The predicted octanol–water partition coefficient (Wildman–Crippen LogP) is 2.64. The topological polar surface area (TPSA) is 63.9 Å². The molecule has 4 heteroatoms. The summed E-state index contributed by atoms with van der Waals surface area (Å²) in [6, 6.07) is 9.98. The summed E-state index contributed by atoms with van der Waals surface area (Å²) in [5, 5.41) is 1.18. The van der Waals surface area contributed by atoms with Crippen LogP contribution >= 0.6 is 0 Å². The quantitative estimate of drug-likeness (QED) is 0.747. The van der Waals surface area contributed by atoms with Gasteiger partial charge in [-0.2, -0.15) is 0 Å². The predicted molar refractivity (Wildman–Crippen MR) is 79.6 cm³/mol. The van der Waals surface area contributed by atoms with Crippen LogP contribution in [-0.4, -0.2) is 16.5 Å². The van der Waals surface area contributed by atoms with E-state index in [1.54, 1.807) is 6.20 Å². The zero-order valence-corrected chi connectivity index (χ0v) is 11.2. The first-order valence-electron chi connectivity index (χ1n) is 6.68. The number of fused-ring (bicyclic) bond motifs is 1. The van der Waals surface area contributed by atoms with E-state index in [1.165, 1.54) is 10.9 Å². The maximum absolute atomic E-state index is 5.82. The fourth-order valence-electron chi connectivity index (χ4n) is 2.26. The summed E-state index contributed by atoms with van der Waals surface area (Å²) in [6.07, 6.45) is 6.46. The second kappa shape index (κ2) is 5.75. The molecule has 0 unspecified atom stereocenters. The van der Waals surface area contributed by atoms with Crippen LogP contribution in [0.3, 0.4) is 0 Å². The van der Waals surface area contributed by atoms with Gasteiger partial charge in [0.05, 0.1) is 0 Å². The van der Waals surface area contributed by atoms with Gasteiger partial charge in [0.1, 0.15) is 12.4 Å². The largest absolute Gasteiger partial charge is 0.489 e. The highest BCUT2D eigenvalue weighted by molar-refractivity contribution is 5.84. The van der Waals surface area contributed by atoms with E-state index in [4.69, 9.17) is 10.5 Å². The minimum absolute atomic E-state index is 0.524. The molecule has 3 N–H and O–H groups in total. The standard InChI is InChI=1S/C16H17N3O/c17-6-5-13-10-19-16-4-3-14(8-15(13)16)20-11-12-2-1-7-18-9-12/h1-4,7-10,19H,5-6,11,17H2. The third kappa shape index (κ3) is 2.65. The zero-order valence-electron chi connectivity index (χ0n) is 11.2. The zero-order chi connectivity index (χ0) is 13.8. The number of nitrogens with two attached hydrogens (primary N) is 1. The molecule has 2 heterocycles. The number of nitrogens with one attached hydrogen (secondary N) is 1. The highest BCUT2D eigenvalue weighted by Crippen LogP contribution is 2.24. The molecule has 0 bridgehead atoms. The third-order valence-corrected chi connectivity index (χ3v) is 3.28. The maximum Gasteiger partial charge on any atom is 0.120 e. The van der Waals surface area contributed by atoms with Crippen molar-refractivity contribution >= 4 is 10.9 Å². The highest BCUT2D eigenvalue weighted by atomic mass is 16.5. The summed E-state index contributed by atoms with van der Waals surface area (Å²) in [4.78, 5) is 7.33. The second-order valence-electron chi connectivity index (χ2n) is 4.71. The lowest BCUT2D eigenvalue weighted by Crippen LogP contribution is -2.01. The van der Waals surface area contributed by atoms with Gasteiger partial charge in [-0.25, -0.2) is 0 Å². The van der Waals surface area contributed by atoms with Crippen molar-refractivity contribution in [1.82, 2.24) is 9.97 Å². The van der Waals surface area contributed by atoms with Gasteiger partial charge in [-0.15, -0.1) is 0 Å². The number of pyridine rings is 1. The number of hydrogen-bond donors (Lipinski definition) is 2. The molecule has 3 rings (SSSR count). The van der Waals surface area contributed by atoms with E-state index in [2.05, 4.69) is 16.0 Å². The number of hydrogen-bond acceptors (Lipinski definition) is 3. The highest BCUT2D eigenvalue weighted by Gasteiger charge is 2.05. The number of aromatic nitrogens is 2. The molecule has 2 aromatic heterocycles. The lowest BCUT2D eigenvalue weighted by molar-refractivity contribution is 0.306. The van der Waals surface area contributed by atoms with Gasteiger partial charge in [0, 0.05) is 35.1 Å². The number of H-pyrrole nitrogens is 1. The molecule has 3 aromatic rings. The van der Waals surface area contributed by atoms with Gasteiger partial charge in [-0.05, 0) is 42.8 Å². The number of nitrogens with zero attached hydrogens (tertiary/aromatic N) is 1. The summed E-state index contributed by atoms with van der Waals surface area (Å²) in [6.45, 7) is 1.17. The summed E-state index contributed by atoms with van der Waals surface area (Å²) in [5.74, 6) is 0.860. The lowest BCUT2D eigenvalue weighted by atomic mass is 10.1. The monoisotopic (exact) mass is 267 g/mol. The molecule has 0 fully saturated rings. The number of benzene rings is 1. The molecule has 0 aliphatic rings. The molecular weight excluding hydrogens is 250 g/mol. The minimum Gasteiger partial charge on any atom is -0.489 e. The van der Waals surface area contributed by atoms with E-state index < -0.39 is 0 Å². The Bertz CT molecular complexity index is 691. The van der Waals surface area contributed by atoms with Gasteiger partial charge in [0.15, 0.2) is 0 Å². The molecule has 0 aliphatic heterocycles. The Balaban J connectivity index is 1.79. The van der Waals surface area contributed by atoms with Gasteiger partial charge in [0.2, 0.25) is 0 Å². The van der Waals surface area contributed by atoms with Gasteiger partial charge in [-0.1, -0.05) is 6.07 Å². The molecule has 0 radical (unpaired) electrons. The Hall–Kier alpha value is -2.33. The van der Waals surface area contributed by atoms with Crippen molar-refractivity contribution in [3.63, 3.8) is 0 Å². The van der Waals surface area contributed by atoms with Crippen LogP contribution in [0.15, 0.2) is 48.9 Å². The number of aromatic amines is 1. The summed E-state index contributed by atoms with van der Waals surface area (Å²) in [5.41, 5.74) is 9.03. The van der Waals surface area contributed by atoms with E-state index >= 15 is 0 Å². The Morgan fingerprint density at radius 1 is 1.25 bits per heavy atom. The first-order chi connectivity index (χ1) is 9.86. The first-order valence-corrected chi connectivity index (χ1v) is 6.68. The smallest absolute Gasteiger partial charge is 0.120 e. The normalized spacial score (nSPS) is 10.8. The number of rotatable bonds is 5. The van der Waals surface area contributed by atoms with Crippen LogP contribution in [0.2, 0.25) is 0 Å². The Kier molecular flexibility index (Phi) is 3.65. The van der Waals surface area contributed by atoms with Gasteiger partial charge in [0.25, 0.3) is 0 Å². The lowest BCUT2D eigenvalue weighted by Gasteiger charge is -2.06. The van der Waals surface area contributed by atoms with Crippen molar-refractivity contribution in [1.29, 1.82) is 0 Å². The average Bonchev–Trinajstić information content (AvgIpc) is 2.89. The molecule has 0 saturated carbocycles. The fourth-order valence-corrected chi connectivity index (χ4v) is 2.26. The van der Waals surface area contributed by atoms with Crippen molar-refractivity contribution in [3.8, 4) is 5.75 Å². The van der Waals surface area contributed by atoms with E-state index in [0.717, 1.165) is 23.3 Å². The van der Waals surface area contributed by atoms with Crippen molar-refractivity contribution in [2.45, 2.75) is 13.0 Å². The molecule has 0 aliphatic carbocycles. The molecule has 0 spiro atoms. The molecule has 102 valence electrons. The Morgan fingerprint density at radius 2 is 2.20 bits per heavy atom. The molecule has 1 aromatic carbocycles. The maximum atomic E-state index is 5.82. The first kappa shape index (κ1) is 12.7. The SMILES string of the molecule is NCCc1c[nH]c2ccc(OCc3cccnc3)cc12. The average molecular weight is 267 g/mol. The van der Waals surface area contributed by atoms with E-state index in [0.29, 0.717) is 13.2 Å². The van der Waals surface area contributed by atoms with Crippen molar-refractivity contribution < 1.29 is 4.74 Å². The van der Waals surface area contributed by atoms with Crippen LogP contribution in [0.5, 0.6) is 5.75 Å². The third-order valence-electron chi connectivity index (χ3n) is 3.28. The van der Waals surface area contributed by atoms with Crippen LogP contribution in [0.25, 0.3) is 10.9 Å². The molecular formula is C16H17N3O. The summed E-state index contributed by atoms with van der Waals surface area (Å²) >= 11 is 0. The van der Waals surface area contributed by atoms with Crippen molar-refractivity contribution in [3.05, 3.63) is 60.0 Å². The Morgan fingerprint density at radius 3 is 3.00 bits per heavy atom. The van der Waals surface area contributed by atoms with Crippen LogP contribution in [0.1, 0.15) is 11.1 Å². The van der Waals surface area contributed by atoms with E-state index in [9.17, 15) is 0 Å². The van der Waals surface area contributed by atoms with Crippen LogP contribution < -0.4 is 10.5 Å². The Labute approximate surface area is 117 Å². The van der Waals surface area contributed by atoms with Crippen LogP contribution in [0, 0.1) is 0 Å². The summed E-state index contributed by atoms with van der Waals surface area (Å²) < 4.78 is 5.82. The van der Waals surface area contributed by atoms with Crippen molar-refractivity contribution in [2.75, 3.05) is 6.54 Å². The molecule has 0 amide bonds. The molecule has 4 nitrogen and oxygen atoms in total. The molecule has 20 heavy (non-hydrogen) atoms. The van der Waals surface area contributed by atoms with Gasteiger partial charge >= 0.3 is 0 Å². The van der Waals surface area contributed by atoms with Crippen LogP contribution in [-0.2, 0) is 13.0 Å². The summed E-state index contributed by atoms with van der Waals surface area (Å²) in [7, 11) is 0. The van der Waals surface area contributed by atoms with E-state index in [1.807, 2.05) is 36.7 Å². The minimum atomic E-state index is 0.524. The molecule has 0 atom stereocenters. The van der Waals surface area contributed by atoms with Crippen molar-refractivity contribution in [2.24, 2.45) is 5.73 Å². The molecule has 0 saturated heterocycles. The van der Waals surface area contributed by atoms with Gasteiger partial charge < -0.3 is 15.5 Å². The fraction of sp³-hybridized carbons (Fsp3) is 0.188. The van der Waals surface area contributed by atoms with E-state index in [-0.39, 0.29) is 0 Å². The van der Waals surface area contributed by atoms with Gasteiger partial charge in [-0.3, -0.25) is 4.98 Å². The second-order valence-corrected chi connectivity index (χ2v) is 4.71. The van der Waals surface area contributed by atoms with Crippen LogP contribution in [0.4, 0.5) is 0 Å². The number of ether oxygens (including phenoxy) is 1.